The molecule has 0 aliphatic heterocycles. The Morgan fingerprint density at radius 3 is 2.78 bits per heavy atom. The maximum Gasteiger partial charge on any atom is 0.163 e. The van der Waals surface area contributed by atoms with E-state index in [4.69, 9.17) is 5.73 Å². The fourth-order valence-corrected chi connectivity index (χ4v) is 1.78. The summed E-state index contributed by atoms with van der Waals surface area (Å²) in [4.78, 5) is 8.58. The molecule has 0 saturated carbocycles. The summed E-state index contributed by atoms with van der Waals surface area (Å²) in [7, 11) is 0. The second-order valence-corrected chi connectivity index (χ2v) is 5.26. The fourth-order valence-electron chi connectivity index (χ4n) is 1.78. The predicted molar refractivity (Wildman–Crippen MR) is 72.5 cm³/mol. The molecule has 0 fully saturated rings. The van der Waals surface area contributed by atoms with Crippen LogP contribution in [0.15, 0.2) is 12.5 Å². The van der Waals surface area contributed by atoms with E-state index < -0.39 is 0 Å². The molecule has 0 radical (unpaired) electrons. The normalized spacial score (nSPS) is 12.0. The van der Waals surface area contributed by atoms with Gasteiger partial charge in [0.05, 0.1) is 17.1 Å². The molecule has 2 heterocycles. The summed E-state index contributed by atoms with van der Waals surface area (Å²) in [5, 5.41) is 8.62. The summed E-state index contributed by atoms with van der Waals surface area (Å²) in [6, 6.07) is 0. The average molecular weight is 248 g/mol. The molecule has 2 aromatic heterocycles. The molecule has 0 saturated heterocycles. The summed E-state index contributed by atoms with van der Waals surface area (Å²) in [5.74, 6) is 0.823. The molecule has 0 aromatic carbocycles. The number of aromatic nitrogens is 4. The maximum absolute atomic E-state index is 5.48. The van der Waals surface area contributed by atoms with Crippen LogP contribution in [0.3, 0.4) is 0 Å². The van der Waals surface area contributed by atoms with Crippen molar-refractivity contribution < 1.29 is 0 Å². The van der Waals surface area contributed by atoms with Gasteiger partial charge in [-0.05, 0) is 33.7 Å². The molecule has 2 rings (SSSR count). The van der Waals surface area contributed by atoms with Crippen LogP contribution in [0.25, 0.3) is 11.0 Å². The highest BCUT2D eigenvalue weighted by Gasteiger charge is 2.19. The van der Waals surface area contributed by atoms with Crippen LogP contribution in [0.2, 0.25) is 0 Å². The van der Waals surface area contributed by atoms with E-state index in [9.17, 15) is 0 Å². The number of nitrogens with one attached hydrogen (secondary N) is 1. The van der Waals surface area contributed by atoms with Gasteiger partial charge in [-0.25, -0.2) is 14.6 Å². The maximum atomic E-state index is 5.48. The summed E-state index contributed by atoms with van der Waals surface area (Å²) in [5.41, 5.74) is 6.24. The van der Waals surface area contributed by atoms with Crippen LogP contribution in [0.4, 0.5) is 5.82 Å². The largest absolute Gasteiger partial charge is 0.369 e. The highest BCUT2D eigenvalue weighted by atomic mass is 15.3. The lowest BCUT2D eigenvalue weighted by molar-refractivity contribution is 0.366. The Morgan fingerprint density at radius 2 is 2.11 bits per heavy atom. The number of anilines is 1. The molecule has 0 aliphatic rings. The number of hydrogen-bond donors (Lipinski definition) is 2. The second-order valence-electron chi connectivity index (χ2n) is 5.26. The third-order valence-corrected chi connectivity index (χ3v) is 2.67. The lowest BCUT2D eigenvalue weighted by atomic mass is 10.1. The second kappa shape index (κ2) is 4.89. The van der Waals surface area contributed by atoms with Crippen molar-refractivity contribution in [2.24, 2.45) is 5.73 Å². The van der Waals surface area contributed by atoms with Crippen LogP contribution in [0.1, 0.15) is 27.2 Å². The molecule has 6 nitrogen and oxygen atoms in total. The van der Waals surface area contributed by atoms with Crippen molar-refractivity contribution in [1.29, 1.82) is 0 Å². The minimum atomic E-state index is -0.0926. The van der Waals surface area contributed by atoms with Crippen LogP contribution in [-0.4, -0.2) is 32.8 Å². The van der Waals surface area contributed by atoms with Crippen molar-refractivity contribution >= 4 is 16.9 Å². The smallest absolute Gasteiger partial charge is 0.163 e. The van der Waals surface area contributed by atoms with Gasteiger partial charge in [0.25, 0.3) is 0 Å². The molecule has 98 valence electrons. The highest BCUT2D eigenvalue weighted by molar-refractivity contribution is 5.86. The van der Waals surface area contributed by atoms with Gasteiger partial charge in [-0.15, -0.1) is 0 Å². The van der Waals surface area contributed by atoms with E-state index in [0.717, 1.165) is 29.8 Å². The molecule has 18 heavy (non-hydrogen) atoms. The van der Waals surface area contributed by atoms with E-state index in [2.05, 4.69) is 41.2 Å². The lowest BCUT2D eigenvalue weighted by Crippen LogP contribution is -2.23. The summed E-state index contributed by atoms with van der Waals surface area (Å²) >= 11 is 0. The predicted octanol–water partition coefficient (Wildman–Crippen LogP) is 1.34. The van der Waals surface area contributed by atoms with Crippen LogP contribution >= 0.6 is 0 Å². The van der Waals surface area contributed by atoms with Gasteiger partial charge >= 0.3 is 0 Å². The Labute approximate surface area is 107 Å². The van der Waals surface area contributed by atoms with Gasteiger partial charge in [-0.3, -0.25) is 0 Å². The first kappa shape index (κ1) is 12.8. The molecular weight excluding hydrogens is 228 g/mol. The summed E-state index contributed by atoms with van der Waals surface area (Å²) in [6.45, 7) is 7.78. The molecule has 6 heteroatoms. The van der Waals surface area contributed by atoms with E-state index in [0.29, 0.717) is 6.54 Å². The van der Waals surface area contributed by atoms with E-state index >= 15 is 0 Å². The Balaban J connectivity index is 2.36. The van der Waals surface area contributed by atoms with Gasteiger partial charge < -0.3 is 11.1 Å². The van der Waals surface area contributed by atoms with E-state index in [1.165, 1.54) is 0 Å². The molecule has 0 bridgehead atoms. The topological polar surface area (TPSA) is 81.7 Å². The summed E-state index contributed by atoms with van der Waals surface area (Å²) in [6.07, 6.45) is 4.29. The fraction of sp³-hybridized carbons (Fsp3) is 0.583. The molecule has 0 atom stereocenters. The average Bonchev–Trinajstić information content (AvgIpc) is 2.73. The molecule has 0 aliphatic carbocycles. The van der Waals surface area contributed by atoms with Crippen molar-refractivity contribution in [3.05, 3.63) is 12.5 Å². The van der Waals surface area contributed by atoms with Gasteiger partial charge in [0.15, 0.2) is 5.65 Å². The van der Waals surface area contributed by atoms with E-state index in [1.54, 1.807) is 6.33 Å². The van der Waals surface area contributed by atoms with E-state index in [-0.39, 0.29) is 5.54 Å². The van der Waals surface area contributed by atoms with E-state index in [1.807, 2.05) is 10.9 Å². The summed E-state index contributed by atoms with van der Waals surface area (Å²) < 4.78 is 1.91. The quantitative estimate of drug-likeness (QED) is 0.798. The first-order chi connectivity index (χ1) is 8.54. The van der Waals surface area contributed by atoms with Crippen molar-refractivity contribution in [2.45, 2.75) is 32.7 Å². The van der Waals surface area contributed by atoms with Crippen molar-refractivity contribution in [2.75, 3.05) is 18.4 Å². The molecule has 3 N–H and O–H groups in total. The third kappa shape index (κ3) is 2.43. The Morgan fingerprint density at radius 1 is 1.33 bits per heavy atom. The standard InChI is InChI=1S/C12H20N6/c1-12(2,3)18-11-9(7-17-18)10(15-8-16-11)14-6-4-5-13/h7-8H,4-6,13H2,1-3H3,(H,14,15,16). The molecular formula is C12H20N6. The minimum Gasteiger partial charge on any atom is -0.369 e. The van der Waals surface area contributed by atoms with Crippen molar-refractivity contribution in [1.82, 2.24) is 19.7 Å². The third-order valence-electron chi connectivity index (χ3n) is 2.67. The van der Waals surface area contributed by atoms with Crippen molar-refractivity contribution in [3.8, 4) is 0 Å². The zero-order valence-corrected chi connectivity index (χ0v) is 11.1. The van der Waals surface area contributed by atoms with Gasteiger partial charge in [-0.1, -0.05) is 0 Å². The van der Waals surface area contributed by atoms with Gasteiger partial charge in [-0.2, -0.15) is 5.10 Å². The van der Waals surface area contributed by atoms with Gasteiger partial charge in [0.2, 0.25) is 0 Å². The van der Waals surface area contributed by atoms with Crippen LogP contribution in [0, 0.1) is 0 Å². The van der Waals surface area contributed by atoms with Crippen LogP contribution in [0.5, 0.6) is 0 Å². The Bertz CT molecular complexity index is 525. The first-order valence-corrected chi connectivity index (χ1v) is 6.17. The lowest BCUT2D eigenvalue weighted by Gasteiger charge is -2.19. The molecule has 0 spiro atoms. The van der Waals surface area contributed by atoms with Crippen LogP contribution in [-0.2, 0) is 5.54 Å². The number of rotatable bonds is 4. The zero-order valence-electron chi connectivity index (χ0n) is 11.1. The van der Waals surface area contributed by atoms with Gasteiger partial charge in [0, 0.05) is 6.54 Å². The monoisotopic (exact) mass is 248 g/mol. The first-order valence-electron chi connectivity index (χ1n) is 6.17. The number of fused-ring (bicyclic) bond motifs is 1. The number of hydrogen-bond acceptors (Lipinski definition) is 5. The highest BCUT2D eigenvalue weighted by Crippen LogP contribution is 2.23. The molecule has 0 unspecified atom stereocenters. The molecule has 2 aromatic rings. The van der Waals surface area contributed by atoms with Gasteiger partial charge in [0.1, 0.15) is 12.1 Å². The molecule has 0 amide bonds. The number of nitrogens with two attached hydrogens (primary N) is 1. The minimum absolute atomic E-state index is 0.0926. The van der Waals surface area contributed by atoms with Crippen LogP contribution < -0.4 is 11.1 Å². The number of nitrogens with zero attached hydrogens (tertiary/aromatic N) is 4. The zero-order chi connectivity index (χ0) is 13.2. The van der Waals surface area contributed by atoms with Crippen molar-refractivity contribution in [3.63, 3.8) is 0 Å². The Kier molecular flexibility index (Phi) is 3.47. The Hall–Kier alpha value is -1.69. The SMILES string of the molecule is CC(C)(C)n1ncc2c(NCCCN)ncnc21.